The molecule has 0 unspecified atom stereocenters. The molecule has 3 aromatic rings. The summed E-state index contributed by atoms with van der Waals surface area (Å²) in [6.45, 7) is 5.89. The summed E-state index contributed by atoms with van der Waals surface area (Å²) < 4.78 is 7.66. The van der Waals surface area contributed by atoms with Gasteiger partial charge in [0.15, 0.2) is 5.65 Å². The molecular weight excluding hydrogens is 412 g/mol. The summed E-state index contributed by atoms with van der Waals surface area (Å²) in [6.07, 6.45) is 4.67. The van der Waals surface area contributed by atoms with Crippen LogP contribution >= 0.6 is 0 Å². The lowest BCUT2D eigenvalue weighted by molar-refractivity contribution is 0.102. The minimum Gasteiger partial charge on any atom is -0.487 e. The molecule has 166 valence electrons. The molecule has 2 aromatic heterocycles. The molecule has 2 N–H and O–H groups in total. The Labute approximate surface area is 184 Å². The van der Waals surface area contributed by atoms with E-state index >= 15 is 0 Å². The average molecular weight is 436 g/mol. The van der Waals surface area contributed by atoms with Gasteiger partial charge in [-0.25, -0.2) is 14.3 Å². The van der Waals surface area contributed by atoms with E-state index in [9.17, 15) is 14.7 Å². The maximum absolute atomic E-state index is 13.2. The molecular formula is C22H24N6O4. The Morgan fingerprint density at radius 1 is 1.19 bits per heavy atom. The first-order valence-electron chi connectivity index (χ1n) is 10.5. The van der Waals surface area contributed by atoms with Crippen LogP contribution in [0.1, 0.15) is 29.8 Å². The van der Waals surface area contributed by atoms with Crippen LogP contribution in [0.4, 0.5) is 16.2 Å². The van der Waals surface area contributed by atoms with E-state index in [0.29, 0.717) is 43.1 Å². The summed E-state index contributed by atoms with van der Waals surface area (Å²) in [5, 5.41) is 16.5. The van der Waals surface area contributed by atoms with Crippen molar-refractivity contribution in [2.75, 3.05) is 36.4 Å². The van der Waals surface area contributed by atoms with E-state index in [4.69, 9.17) is 4.74 Å². The molecule has 0 radical (unpaired) electrons. The van der Waals surface area contributed by atoms with Crippen molar-refractivity contribution >= 4 is 29.0 Å². The monoisotopic (exact) mass is 436 g/mol. The highest BCUT2D eigenvalue weighted by molar-refractivity contribution is 6.09. The highest BCUT2D eigenvalue weighted by Crippen LogP contribution is 2.42. The molecule has 4 heterocycles. The van der Waals surface area contributed by atoms with Gasteiger partial charge in [-0.15, -0.1) is 0 Å². The third-order valence-electron chi connectivity index (χ3n) is 5.84. The molecule has 0 saturated carbocycles. The van der Waals surface area contributed by atoms with E-state index in [2.05, 4.69) is 20.3 Å². The van der Waals surface area contributed by atoms with E-state index in [0.717, 1.165) is 23.4 Å². The molecule has 1 saturated heterocycles. The number of amides is 2. The summed E-state index contributed by atoms with van der Waals surface area (Å²) in [7, 11) is 0. The van der Waals surface area contributed by atoms with Crippen molar-refractivity contribution in [3.05, 3.63) is 47.9 Å². The number of aromatic nitrogens is 3. The van der Waals surface area contributed by atoms with Crippen molar-refractivity contribution < 1.29 is 19.4 Å². The molecule has 10 nitrogen and oxygen atoms in total. The van der Waals surface area contributed by atoms with Crippen LogP contribution in [0, 0.1) is 0 Å². The number of carboxylic acid groups (broad SMARTS) is 1. The third-order valence-corrected chi connectivity index (χ3v) is 5.84. The third kappa shape index (κ3) is 3.57. The van der Waals surface area contributed by atoms with E-state index < -0.39 is 6.09 Å². The zero-order valence-electron chi connectivity index (χ0n) is 17.9. The first-order chi connectivity index (χ1) is 15.3. The second kappa shape index (κ2) is 7.40. The van der Waals surface area contributed by atoms with Crippen molar-refractivity contribution in [1.29, 1.82) is 0 Å². The van der Waals surface area contributed by atoms with Crippen molar-refractivity contribution in [2.24, 2.45) is 0 Å². The summed E-state index contributed by atoms with van der Waals surface area (Å²) >= 11 is 0. The van der Waals surface area contributed by atoms with Crippen LogP contribution in [0.15, 0.2) is 36.8 Å². The van der Waals surface area contributed by atoms with Crippen LogP contribution in [0.5, 0.6) is 5.75 Å². The van der Waals surface area contributed by atoms with Crippen LogP contribution in [0.2, 0.25) is 0 Å². The van der Waals surface area contributed by atoms with Crippen molar-refractivity contribution in [3.63, 3.8) is 0 Å². The molecule has 1 aromatic carbocycles. The Morgan fingerprint density at radius 3 is 2.72 bits per heavy atom. The predicted molar refractivity (Wildman–Crippen MR) is 118 cm³/mol. The van der Waals surface area contributed by atoms with Crippen molar-refractivity contribution in [2.45, 2.75) is 25.9 Å². The average Bonchev–Trinajstić information content (AvgIpc) is 3.32. The number of piperazine rings is 1. The fourth-order valence-electron chi connectivity index (χ4n) is 4.32. The highest BCUT2D eigenvalue weighted by Gasteiger charge is 2.33. The molecule has 32 heavy (non-hydrogen) atoms. The zero-order chi connectivity index (χ0) is 22.5. The van der Waals surface area contributed by atoms with E-state index in [1.807, 2.05) is 26.0 Å². The Kier molecular flexibility index (Phi) is 4.65. The molecule has 0 spiro atoms. The van der Waals surface area contributed by atoms with E-state index in [1.54, 1.807) is 23.0 Å². The normalized spacial score (nSPS) is 17.2. The molecule has 0 aliphatic carbocycles. The van der Waals surface area contributed by atoms with Crippen molar-refractivity contribution in [3.8, 4) is 5.75 Å². The number of carbonyl (C=O) groups excluding carboxylic acids is 1. The maximum Gasteiger partial charge on any atom is 0.407 e. The number of ether oxygens (including phenoxy) is 1. The number of hydrogen-bond acceptors (Lipinski definition) is 6. The number of nitrogens with one attached hydrogen (secondary N) is 1. The second-order valence-corrected chi connectivity index (χ2v) is 8.67. The van der Waals surface area contributed by atoms with Gasteiger partial charge in [-0.05, 0) is 26.0 Å². The van der Waals surface area contributed by atoms with Crippen LogP contribution in [0.3, 0.4) is 0 Å². The predicted octanol–water partition coefficient (Wildman–Crippen LogP) is 2.50. The summed E-state index contributed by atoms with van der Waals surface area (Å²) in [5.41, 5.74) is 3.03. The number of benzene rings is 1. The number of nitrogens with zero attached hydrogens (tertiary/aromatic N) is 5. The smallest absolute Gasteiger partial charge is 0.407 e. The van der Waals surface area contributed by atoms with Gasteiger partial charge < -0.3 is 25.0 Å². The summed E-state index contributed by atoms with van der Waals surface area (Å²) in [6, 6.07) is 5.66. The lowest BCUT2D eigenvalue weighted by Gasteiger charge is -2.35. The Hall–Kier alpha value is -3.82. The van der Waals surface area contributed by atoms with E-state index in [-0.39, 0.29) is 11.5 Å². The maximum atomic E-state index is 13.2. The molecule has 1 fully saturated rings. The first-order valence-corrected chi connectivity index (χ1v) is 10.5. The van der Waals surface area contributed by atoms with Gasteiger partial charge in [-0.3, -0.25) is 4.79 Å². The van der Waals surface area contributed by atoms with Crippen LogP contribution in [-0.4, -0.2) is 68.4 Å². The largest absolute Gasteiger partial charge is 0.487 e. The molecule has 2 aliphatic rings. The second-order valence-electron chi connectivity index (χ2n) is 8.67. The summed E-state index contributed by atoms with van der Waals surface area (Å²) in [4.78, 5) is 32.2. The lowest BCUT2D eigenvalue weighted by atomic mass is 10.0. The van der Waals surface area contributed by atoms with Gasteiger partial charge in [0.1, 0.15) is 16.9 Å². The molecule has 5 rings (SSSR count). The Balaban J connectivity index is 1.48. The number of rotatable bonds is 3. The van der Waals surface area contributed by atoms with Gasteiger partial charge in [-0.1, -0.05) is 0 Å². The minimum atomic E-state index is -0.919. The lowest BCUT2D eigenvalue weighted by Crippen LogP contribution is -2.48. The Bertz CT molecular complexity index is 1210. The van der Waals surface area contributed by atoms with Crippen LogP contribution in [0.25, 0.3) is 5.65 Å². The molecule has 0 atom stereocenters. The van der Waals surface area contributed by atoms with E-state index in [1.165, 1.54) is 11.1 Å². The summed E-state index contributed by atoms with van der Waals surface area (Å²) in [5.74, 6) is 0.489. The highest BCUT2D eigenvalue weighted by atomic mass is 16.5. The zero-order valence-corrected chi connectivity index (χ0v) is 17.9. The molecule has 10 heteroatoms. The fourth-order valence-corrected chi connectivity index (χ4v) is 4.32. The van der Waals surface area contributed by atoms with Gasteiger partial charge in [0.2, 0.25) is 0 Å². The fraction of sp³-hybridized carbons (Fsp3) is 0.364. The van der Waals surface area contributed by atoms with Gasteiger partial charge in [0.05, 0.1) is 17.6 Å². The van der Waals surface area contributed by atoms with Gasteiger partial charge >= 0.3 is 6.09 Å². The number of fused-ring (bicyclic) bond motifs is 2. The van der Waals surface area contributed by atoms with Gasteiger partial charge in [0.25, 0.3) is 5.91 Å². The van der Waals surface area contributed by atoms with Crippen LogP contribution in [-0.2, 0) is 6.42 Å². The number of anilines is 2. The quantitative estimate of drug-likeness (QED) is 0.649. The molecule has 0 bridgehead atoms. The topological polar surface area (TPSA) is 112 Å². The Morgan fingerprint density at radius 2 is 1.97 bits per heavy atom. The standard InChI is InChI=1S/C22H24N6O4/c1-22(2)12-14-10-16(25-20(29)15-13-24-28-5-3-4-23-19(15)28)17(11-18(14)32-22)26-6-8-27(9-7-26)21(30)31/h3-5,10-11,13H,6-9,12H2,1-2H3,(H,25,29)(H,30,31). The van der Waals surface area contributed by atoms with Crippen LogP contribution < -0.4 is 15.0 Å². The van der Waals surface area contributed by atoms with Crippen molar-refractivity contribution in [1.82, 2.24) is 19.5 Å². The molecule has 2 amide bonds. The minimum absolute atomic E-state index is 0.303. The van der Waals surface area contributed by atoms with Gasteiger partial charge in [-0.2, -0.15) is 5.10 Å². The number of carbonyl (C=O) groups is 2. The first kappa shape index (κ1) is 20.1. The molecule has 2 aliphatic heterocycles. The van der Waals surface area contributed by atoms with Gasteiger partial charge in [0, 0.05) is 56.6 Å². The number of hydrogen-bond donors (Lipinski definition) is 2. The SMILES string of the molecule is CC1(C)Cc2cc(NC(=O)c3cnn4cccnc34)c(N3CCN(C(=O)O)CC3)cc2O1.